The third kappa shape index (κ3) is 8.91. The van der Waals surface area contributed by atoms with Crippen molar-refractivity contribution in [2.24, 2.45) is 4.99 Å². The quantitative estimate of drug-likeness (QED) is 0.343. The molecule has 0 amide bonds. The summed E-state index contributed by atoms with van der Waals surface area (Å²) >= 11 is 1.73. The van der Waals surface area contributed by atoms with Crippen LogP contribution in [0, 0.1) is 6.92 Å². The molecule has 0 atom stereocenters. The van der Waals surface area contributed by atoms with Gasteiger partial charge in [0.25, 0.3) is 0 Å². The number of guanidine groups is 1. The van der Waals surface area contributed by atoms with E-state index in [0.29, 0.717) is 19.0 Å². The summed E-state index contributed by atoms with van der Waals surface area (Å²) in [6.07, 6.45) is 1.15. The summed E-state index contributed by atoms with van der Waals surface area (Å²) in [7, 11) is -1.55. The highest BCUT2D eigenvalue weighted by atomic mass is 127. The molecular formula is C13H25IN4O2S2. The van der Waals surface area contributed by atoms with Crippen molar-refractivity contribution in [2.75, 3.05) is 19.8 Å². The third-order valence-electron chi connectivity index (χ3n) is 2.61. The molecule has 0 radical (unpaired) electrons. The van der Waals surface area contributed by atoms with Crippen LogP contribution in [0.4, 0.5) is 0 Å². The number of rotatable bonds is 6. The molecule has 0 saturated carbocycles. The van der Waals surface area contributed by atoms with Crippen LogP contribution in [0.2, 0.25) is 0 Å². The average molecular weight is 460 g/mol. The van der Waals surface area contributed by atoms with Crippen molar-refractivity contribution < 1.29 is 8.42 Å². The Balaban J connectivity index is 0.00000441. The van der Waals surface area contributed by atoms with Crippen LogP contribution in [-0.4, -0.2) is 39.8 Å². The summed E-state index contributed by atoms with van der Waals surface area (Å²) in [5, 5.41) is 6.33. The van der Waals surface area contributed by atoms with Gasteiger partial charge in [-0.2, -0.15) is 0 Å². The fraction of sp³-hybridized carbons (Fsp3) is 0.615. The number of hydrogen-bond donors (Lipinski definition) is 3. The van der Waals surface area contributed by atoms with Gasteiger partial charge in [-0.25, -0.2) is 13.1 Å². The molecule has 0 saturated heterocycles. The SMILES string of the molecule is CN=C(NCc1ccc(C)s1)NCC(C)(C)NS(C)(=O)=O.I. The molecule has 0 bridgehead atoms. The fourth-order valence-electron chi connectivity index (χ4n) is 1.81. The van der Waals surface area contributed by atoms with E-state index in [-0.39, 0.29) is 24.0 Å². The minimum absolute atomic E-state index is 0. The molecule has 0 spiro atoms. The van der Waals surface area contributed by atoms with Crippen LogP contribution in [0.3, 0.4) is 0 Å². The topological polar surface area (TPSA) is 82.6 Å². The minimum atomic E-state index is -3.24. The lowest BCUT2D eigenvalue weighted by Gasteiger charge is -2.26. The van der Waals surface area contributed by atoms with Gasteiger partial charge < -0.3 is 10.6 Å². The number of halogens is 1. The second kappa shape index (κ2) is 9.04. The molecular weight excluding hydrogens is 435 g/mol. The Bertz CT molecular complexity index is 597. The molecule has 1 aromatic rings. The number of nitrogens with one attached hydrogen (secondary N) is 3. The molecule has 22 heavy (non-hydrogen) atoms. The molecule has 9 heteroatoms. The summed E-state index contributed by atoms with van der Waals surface area (Å²) < 4.78 is 25.2. The highest BCUT2D eigenvalue weighted by molar-refractivity contribution is 14.0. The molecule has 0 aliphatic rings. The zero-order valence-electron chi connectivity index (χ0n) is 13.6. The smallest absolute Gasteiger partial charge is 0.209 e. The van der Waals surface area contributed by atoms with E-state index < -0.39 is 15.6 Å². The Morgan fingerprint density at radius 2 is 1.95 bits per heavy atom. The lowest BCUT2D eigenvalue weighted by molar-refractivity contribution is 0.446. The first-order valence-corrected chi connectivity index (χ1v) is 9.31. The second-order valence-corrected chi connectivity index (χ2v) is 8.67. The number of nitrogens with zero attached hydrogens (tertiary/aromatic N) is 1. The van der Waals surface area contributed by atoms with Gasteiger partial charge in [-0.15, -0.1) is 35.3 Å². The molecule has 1 rings (SSSR count). The van der Waals surface area contributed by atoms with Crippen LogP contribution >= 0.6 is 35.3 Å². The molecule has 1 aromatic heterocycles. The fourth-order valence-corrected chi connectivity index (χ4v) is 3.72. The maximum absolute atomic E-state index is 11.3. The van der Waals surface area contributed by atoms with Crippen molar-refractivity contribution in [3.8, 4) is 0 Å². The predicted octanol–water partition coefficient (Wildman–Crippen LogP) is 1.67. The molecule has 3 N–H and O–H groups in total. The van der Waals surface area contributed by atoms with Crippen molar-refractivity contribution >= 4 is 51.3 Å². The van der Waals surface area contributed by atoms with Gasteiger partial charge in [0.2, 0.25) is 10.0 Å². The highest BCUT2D eigenvalue weighted by Crippen LogP contribution is 2.14. The number of aryl methyl sites for hydroxylation is 1. The van der Waals surface area contributed by atoms with Crippen LogP contribution in [0.5, 0.6) is 0 Å². The molecule has 128 valence electrons. The zero-order valence-corrected chi connectivity index (χ0v) is 17.5. The molecule has 1 heterocycles. The standard InChI is InChI=1S/C13H24N4O2S2.HI/c1-10-6-7-11(20-10)8-15-12(14-4)16-9-13(2,3)17-21(5,18)19;/h6-7,17H,8-9H2,1-5H3,(H2,14,15,16);1H. The molecule has 0 aliphatic heterocycles. The van der Waals surface area contributed by atoms with Crippen molar-refractivity contribution in [3.05, 3.63) is 21.9 Å². The van der Waals surface area contributed by atoms with Gasteiger partial charge in [-0.3, -0.25) is 4.99 Å². The van der Waals surface area contributed by atoms with Crippen LogP contribution in [0.25, 0.3) is 0 Å². The number of sulfonamides is 1. The van der Waals surface area contributed by atoms with Crippen molar-refractivity contribution in [2.45, 2.75) is 32.9 Å². The molecule has 0 aliphatic carbocycles. The van der Waals surface area contributed by atoms with E-state index in [2.05, 4.69) is 39.4 Å². The normalized spacial score (nSPS) is 12.7. The lowest BCUT2D eigenvalue weighted by Crippen LogP contribution is -2.52. The Morgan fingerprint density at radius 1 is 1.32 bits per heavy atom. The molecule has 6 nitrogen and oxygen atoms in total. The van der Waals surface area contributed by atoms with Gasteiger partial charge >= 0.3 is 0 Å². The molecule has 0 fully saturated rings. The van der Waals surface area contributed by atoms with Crippen molar-refractivity contribution in [3.63, 3.8) is 0 Å². The largest absolute Gasteiger partial charge is 0.355 e. The third-order valence-corrected chi connectivity index (χ3v) is 4.53. The van der Waals surface area contributed by atoms with E-state index in [4.69, 9.17) is 0 Å². The van der Waals surface area contributed by atoms with Gasteiger partial charge in [0, 0.05) is 28.9 Å². The van der Waals surface area contributed by atoms with Crippen molar-refractivity contribution in [1.82, 2.24) is 15.4 Å². The predicted molar refractivity (Wildman–Crippen MR) is 105 cm³/mol. The van der Waals surface area contributed by atoms with Gasteiger partial charge in [-0.1, -0.05) is 0 Å². The number of thiophene rings is 1. The maximum Gasteiger partial charge on any atom is 0.209 e. The monoisotopic (exact) mass is 460 g/mol. The first kappa shape index (κ1) is 21.6. The van der Waals surface area contributed by atoms with E-state index in [0.717, 1.165) is 6.26 Å². The highest BCUT2D eigenvalue weighted by Gasteiger charge is 2.22. The summed E-state index contributed by atoms with van der Waals surface area (Å²) in [5.74, 6) is 0.643. The number of hydrogen-bond acceptors (Lipinski definition) is 4. The van der Waals surface area contributed by atoms with Crippen LogP contribution in [0.1, 0.15) is 23.6 Å². The Labute approximate surface area is 154 Å². The summed E-state index contributed by atoms with van der Waals surface area (Å²) in [6, 6.07) is 4.16. The van der Waals surface area contributed by atoms with Gasteiger partial charge in [0.15, 0.2) is 5.96 Å². The van der Waals surface area contributed by atoms with E-state index in [1.165, 1.54) is 9.75 Å². The van der Waals surface area contributed by atoms with Crippen LogP contribution in [-0.2, 0) is 16.6 Å². The van der Waals surface area contributed by atoms with Crippen LogP contribution < -0.4 is 15.4 Å². The Morgan fingerprint density at radius 3 is 2.41 bits per heavy atom. The maximum atomic E-state index is 11.3. The van der Waals surface area contributed by atoms with Gasteiger partial charge in [0.1, 0.15) is 0 Å². The second-order valence-electron chi connectivity index (χ2n) is 5.55. The summed E-state index contributed by atoms with van der Waals surface area (Å²) in [6.45, 7) is 6.83. The van der Waals surface area contributed by atoms with E-state index in [1.807, 2.05) is 13.8 Å². The molecule has 0 aromatic carbocycles. The number of aliphatic imine (C=N–C) groups is 1. The van der Waals surface area contributed by atoms with Crippen LogP contribution in [0.15, 0.2) is 17.1 Å². The minimum Gasteiger partial charge on any atom is -0.355 e. The average Bonchev–Trinajstić information content (AvgIpc) is 2.72. The van der Waals surface area contributed by atoms with Crippen molar-refractivity contribution in [1.29, 1.82) is 0 Å². The Kier molecular flexibility index (Phi) is 8.88. The summed E-state index contributed by atoms with van der Waals surface area (Å²) in [5.41, 5.74) is -0.593. The van der Waals surface area contributed by atoms with Gasteiger partial charge in [-0.05, 0) is 32.9 Å². The first-order valence-electron chi connectivity index (χ1n) is 6.60. The lowest BCUT2D eigenvalue weighted by atomic mass is 10.1. The first-order chi connectivity index (χ1) is 9.61. The van der Waals surface area contributed by atoms with E-state index in [1.54, 1.807) is 18.4 Å². The Hall–Kier alpha value is -0.390. The molecule has 0 unspecified atom stereocenters. The van der Waals surface area contributed by atoms with Gasteiger partial charge in [0.05, 0.1) is 12.8 Å². The van der Waals surface area contributed by atoms with E-state index >= 15 is 0 Å². The van der Waals surface area contributed by atoms with E-state index in [9.17, 15) is 8.42 Å². The zero-order chi connectivity index (χ0) is 16.1. The summed E-state index contributed by atoms with van der Waals surface area (Å²) in [4.78, 5) is 6.63.